The van der Waals surface area contributed by atoms with E-state index in [2.05, 4.69) is 0 Å². The second-order valence-electron chi connectivity index (χ2n) is 6.56. The minimum atomic E-state index is -3.84. The third-order valence-corrected chi connectivity index (χ3v) is 5.85. The van der Waals surface area contributed by atoms with Crippen LogP contribution in [0, 0.1) is 5.82 Å². The van der Waals surface area contributed by atoms with Crippen LogP contribution in [-0.2, 0) is 24.3 Å². The van der Waals surface area contributed by atoms with E-state index in [1.807, 2.05) is 13.8 Å². The number of halogens is 1. The Labute approximate surface area is 157 Å². The summed E-state index contributed by atoms with van der Waals surface area (Å²) in [6, 6.07) is 2.83. The molecule has 8 nitrogen and oxygen atoms in total. The number of amides is 1. The first-order chi connectivity index (χ1) is 12.5. The van der Waals surface area contributed by atoms with E-state index < -0.39 is 39.9 Å². The number of nitrogens with zero attached hydrogens (tertiary/aromatic N) is 2. The molecular weight excluding hydrogens is 379 g/mol. The Morgan fingerprint density at radius 3 is 2.41 bits per heavy atom. The number of hydrogen-bond acceptors (Lipinski definition) is 6. The summed E-state index contributed by atoms with van der Waals surface area (Å²) in [4.78, 5) is 25.6. The molecule has 0 saturated carbocycles. The second kappa shape index (κ2) is 8.32. The molecule has 0 bridgehead atoms. The van der Waals surface area contributed by atoms with E-state index in [0.717, 1.165) is 22.5 Å². The van der Waals surface area contributed by atoms with Crippen LogP contribution in [0.2, 0.25) is 0 Å². The summed E-state index contributed by atoms with van der Waals surface area (Å²) in [5, 5.41) is 0. The normalized spacial score (nSPS) is 20.6. The molecule has 0 aliphatic carbocycles. The van der Waals surface area contributed by atoms with Crippen molar-refractivity contribution in [3.63, 3.8) is 0 Å². The molecule has 0 unspecified atom stereocenters. The van der Waals surface area contributed by atoms with Crippen LogP contribution in [0.5, 0.6) is 0 Å². The number of benzene rings is 1. The van der Waals surface area contributed by atoms with Gasteiger partial charge in [0.05, 0.1) is 22.7 Å². The van der Waals surface area contributed by atoms with Crippen molar-refractivity contribution in [1.82, 2.24) is 9.21 Å². The maximum atomic E-state index is 14.0. The first-order valence-corrected chi connectivity index (χ1v) is 9.78. The van der Waals surface area contributed by atoms with Crippen molar-refractivity contribution < 1.29 is 31.9 Å². The van der Waals surface area contributed by atoms with Crippen LogP contribution in [0.4, 0.5) is 4.39 Å². The summed E-state index contributed by atoms with van der Waals surface area (Å²) in [6.45, 7) is 3.82. The molecule has 1 aliphatic rings. The van der Waals surface area contributed by atoms with E-state index in [9.17, 15) is 22.4 Å². The number of morpholine rings is 1. The van der Waals surface area contributed by atoms with E-state index in [1.165, 1.54) is 19.0 Å². The van der Waals surface area contributed by atoms with Gasteiger partial charge >= 0.3 is 5.97 Å². The molecule has 0 N–H and O–H groups in total. The molecule has 27 heavy (non-hydrogen) atoms. The fourth-order valence-corrected chi connectivity index (χ4v) is 3.64. The van der Waals surface area contributed by atoms with Crippen molar-refractivity contribution in [2.45, 2.75) is 31.0 Å². The number of sulfonamides is 1. The van der Waals surface area contributed by atoms with E-state index in [0.29, 0.717) is 13.1 Å². The number of rotatable bonds is 5. The summed E-state index contributed by atoms with van der Waals surface area (Å²) in [6.07, 6.45) is -0.280. The van der Waals surface area contributed by atoms with Crippen LogP contribution in [0.15, 0.2) is 23.1 Å². The fourth-order valence-electron chi connectivity index (χ4n) is 2.71. The lowest BCUT2D eigenvalue weighted by molar-refractivity contribution is -0.146. The lowest BCUT2D eigenvalue weighted by atomic mass is 10.2. The number of carbonyl (C=O) groups excluding carboxylic acids is 2. The number of carbonyl (C=O) groups is 2. The van der Waals surface area contributed by atoms with Crippen LogP contribution in [0.1, 0.15) is 24.2 Å². The SMILES string of the molecule is C[C@H]1CN(C(=O)COC(=O)c2cc(S(=O)(=O)N(C)C)ccc2F)C[C@H](C)O1. The molecule has 1 saturated heterocycles. The van der Waals surface area contributed by atoms with Gasteiger partial charge in [-0.2, -0.15) is 0 Å². The fraction of sp³-hybridized carbons (Fsp3) is 0.529. The Hall–Kier alpha value is -2.04. The van der Waals surface area contributed by atoms with Gasteiger partial charge in [0.15, 0.2) is 6.61 Å². The van der Waals surface area contributed by atoms with E-state index in [4.69, 9.17) is 9.47 Å². The summed E-state index contributed by atoms with van der Waals surface area (Å²) < 4.78 is 49.6. The molecular formula is C17H23FN2O6S. The maximum absolute atomic E-state index is 14.0. The van der Waals surface area contributed by atoms with Crippen LogP contribution in [-0.4, -0.2) is 75.5 Å². The first kappa shape index (κ1) is 21.3. The zero-order valence-electron chi connectivity index (χ0n) is 15.6. The average molecular weight is 402 g/mol. The topological polar surface area (TPSA) is 93.2 Å². The van der Waals surface area contributed by atoms with E-state index >= 15 is 0 Å². The Kier molecular flexibility index (Phi) is 6.55. The van der Waals surface area contributed by atoms with Gasteiger partial charge in [-0.15, -0.1) is 0 Å². The van der Waals surface area contributed by atoms with Crippen molar-refractivity contribution in [1.29, 1.82) is 0 Å². The van der Waals surface area contributed by atoms with E-state index in [-0.39, 0.29) is 17.1 Å². The molecule has 150 valence electrons. The predicted molar refractivity (Wildman–Crippen MR) is 94.1 cm³/mol. The summed E-state index contributed by atoms with van der Waals surface area (Å²) in [5.41, 5.74) is -0.547. The van der Waals surface area contributed by atoms with Crippen LogP contribution in [0.25, 0.3) is 0 Å². The molecule has 1 aromatic carbocycles. The molecule has 10 heteroatoms. The third kappa shape index (κ3) is 5.02. The highest BCUT2D eigenvalue weighted by Crippen LogP contribution is 2.19. The second-order valence-corrected chi connectivity index (χ2v) is 8.71. The van der Waals surface area contributed by atoms with Crippen molar-refractivity contribution in [3.8, 4) is 0 Å². The lowest BCUT2D eigenvalue weighted by Crippen LogP contribution is -2.49. The van der Waals surface area contributed by atoms with Gasteiger partial charge in [0.25, 0.3) is 5.91 Å². The van der Waals surface area contributed by atoms with Gasteiger partial charge in [-0.1, -0.05) is 0 Å². The highest BCUT2D eigenvalue weighted by molar-refractivity contribution is 7.89. The predicted octanol–water partition coefficient (Wildman–Crippen LogP) is 0.869. The maximum Gasteiger partial charge on any atom is 0.341 e. The van der Waals surface area contributed by atoms with Crippen molar-refractivity contribution in [2.75, 3.05) is 33.8 Å². The van der Waals surface area contributed by atoms with Gasteiger partial charge in [0, 0.05) is 27.2 Å². The van der Waals surface area contributed by atoms with Crippen LogP contribution < -0.4 is 0 Å². The molecule has 2 atom stereocenters. The molecule has 0 aromatic heterocycles. The highest BCUT2D eigenvalue weighted by atomic mass is 32.2. The molecule has 1 aliphatic heterocycles. The molecule has 0 spiro atoms. The van der Waals surface area contributed by atoms with Crippen molar-refractivity contribution in [2.24, 2.45) is 0 Å². The van der Waals surface area contributed by atoms with Gasteiger partial charge in [0.1, 0.15) is 5.82 Å². The van der Waals surface area contributed by atoms with Crippen molar-refractivity contribution >= 4 is 21.9 Å². The Morgan fingerprint density at radius 1 is 1.26 bits per heavy atom. The Balaban J connectivity index is 2.09. The lowest BCUT2D eigenvalue weighted by Gasteiger charge is -2.35. The quantitative estimate of drug-likeness (QED) is 0.679. The van der Waals surface area contributed by atoms with Crippen LogP contribution >= 0.6 is 0 Å². The Bertz CT molecular complexity index is 817. The zero-order chi connectivity index (χ0) is 20.4. The molecule has 1 heterocycles. The first-order valence-electron chi connectivity index (χ1n) is 8.34. The largest absolute Gasteiger partial charge is 0.452 e. The van der Waals surface area contributed by atoms with Gasteiger partial charge in [-0.25, -0.2) is 21.9 Å². The van der Waals surface area contributed by atoms with Crippen LogP contribution in [0.3, 0.4) is 0 Å². The molecule has 1 fully saturated rings. The average Bonchev–Trinajstić information content (AvgIpc) is 2.58. The standard InChI is InChI=1S/C17H23FN2O6S/c1-11-8-20(9-12(2)26-11)16(21)10-25-17(22)14-7-13(5-6-15(14)18)27(23,24)19(3)4/h5-7,11-12H,8-10H2,1-4H3/t11-,12-/m0/s1. The third-order valence-electron chi connectivity index (χ3n) is 4.04. The Morgan fingerprint density at radius 2 is 1.85 bits per heavy atom. The number of esters is 1. The van der Waals surface area contributed by atoms with Gasteiger partial charge in [-0.05, 0) is 32.0 Å². The molecule has 2 rings (SSSR count). The van der Waals surface area contributed by atoms with Crippen molar-refractivity contribution in [3.05, 3.63) is 29.6 Å². The monoisotopic (exact) mass is 402 g/mol. The van der Waals surface area contributed by atoms with Gasteiger partial charge in [-0.3, -0.25) is 4.79 Å². The molecule has 0 radical (unpaired) electrons. The molecule has 1 aromatic rings. The van der Waals surface area contributed by atoms with Gasteiger partial charge < -0.3 is 14.4 Å². The smallest absolute Gasteiger partial charge is 0.341 e. The number of hydrogen-bond donors (Lipinski definition) is 0. The number of ether oxygens (including phenoxy) is 2. The minimum absolute atomic E-state index is 0.140. The van der Waals surface area contributed by atoms with E-state index in [1.54, 1.807) is 0 Å². The summed E-state index contributed by atoms with van der Waals surface area (Å²) in [5.74, 6) is -2.47. The zero-order valence-corrected chi connectivity index (χ0v) is 16.5. The summed E-state index contributed by atoms with van der Waals surface area (Å²) in [7, 11) is -1.20. The van der Waals surface area contributed by atoms with Gasteiger partial charge in [0.2, 0.25) is 10.0 Å². The minimum Gasteiger partial charge on any atom is -0.452 e. The molecule has 1 amide bonds. The summed E-state index contributed by atoms with van der Waals surface area (Å²) >= 11 is 0. The highest BCUT2D eigenvalue weighted by Gasteiger charge is 2.27.